The van der Waals surface area contributed by atoms with Gasteiger partial charge in [0, 0.05) is 32.2 Å². The summed E-state index contributed by atoms with van der Waals surface area (Å²) in [4.78, 5) is 28.2. The predicted molar refractivity (Wildman–Crippen MR) is 80.4 cm³/mol. The second-order valence-corrected chi connectivity index (χ2v) is 5.85. The number of nitrogens with zero attached hydrogens (tertiary/aromatic N) is 2. The molecule has 2 saturated heterocycles. The lowest BCUT2D eigenvalue weighted by Gasteiger charge is -2.39. The molecule has 0 aromatic carbocycles. The van der Waals surface area contributed by atoms with Crippen molar-refractivity contribution in [3.05, 3.63) is 0 Å². The van der Waals surface area contributed by atoms with Crippen LogP contribution in [0.25, 0.3) is 0 Å². The van der Waals surface area contributed by atoms with E-state index in [1.165, 1.54) is 12.8 Å². The first-order valence-corrected chi connectivity index (χ1v) is 7.66. The van der Waals surface area contributed by atoms with E-state index in [4.69, 9.17) is 4.74 Å². The molecule has 0 radical (unpaired) electrons. The summed E-state index contributed by atoms with van der Waals surface area (Å²) in [6, 6.07) is 0.410. The molecule has 3 fully saturated rings. The van der Waals surface area contributed by atoms with Gasteiger partial charge in [0.15, 0.2) is 0 Å². The first-order valence-electron chi connectivity index (χ1n) is 7.66. The Kier molecular flexibility index (Phi) is 5.84. The zero-order valence-electron chi connectivity index (χ0n) is 12.3. The number of hydrogen-bond donors (Lipinski definition) is 1. The van der Waals surface area contributed by atoms with Gasteiger partial charge in [-0.1, -0.05) is 12.8 Å². The molecule has 1 aliphatic carbocycles. The number of rotatable bonds is 2. The van der Waals surface area contributed by atoms with E-state index in [0.29, 0.717) is 32.3 Å². The van der Waals surface area contributed by atoms with E-state index in [2.05, 4.69) is 5.32 Å². The molecule has 2 aliphatic heterocycles. The molecule has 0 aromatic heterocycles. The molecular weight excluding hydrogens is 294 g/mol. The Labute approximate surface area is 131 Å². The number of amides is 2. The van der Waals surface area contributed by atoms with Gasteiger partial charge in [-0.2, -0.15) is 0 Å². The predicted octanol–water partition coefficient (Wildman–Crippen LogP) is 0.0100. The molecule has 1 saturated carbocycles. The van der Waals surface area contributed by atoms with Crippen LogP contribution >= 0.6 is 12.4 Å². The number of halogens is 1. The second kappa shape index (κ2) is 7.42. The number of nitrogens with one attached hydrogen (secondary N) is 1. The topological polar surface area (TPSA) is 61.9 Å². The van der Waals surface area contributed by atoms with Gasteiger partial charge in [-0.15, -0.1) is 12.4 Å². The SMILES string of the molecule is Cl.O=C(C1CNCCO1)N1CCN(C2CCCC2)C(=O)C1. The Morgan fingerprint density at radius 3 is 2.62 bits per heavy atom. The Morgan fingerprint density at radius 2 is 2.00 bits per heavy atom. The van der Waals surface area contributed by atoms with E-state index in [1.54, 1.807) is 4.90 Å². The standard InChI is InChI=1S/C14H23N3O3.ClH/c18-13-10-16(14(19)12-9-15-5-8-20-12)6-7-17(13)11-3-1-2-4-11;/h11-12,15H,1-10H2;1H. The molecule has 1 unspecified atom stereocenters. The maximum absolute atomic E-state index is 12.3. The fourth-order valence-electron chi connectivity index (χ4n) is 3.40. The van der Waals surface area contributed by atoms with Gasteiger partial charge in [0.1, 0.15) is 6.10 Å². The monoisotopic (exact) mass is 317 g/mol. The van der Waals surface area contributed by atoms with Crippen LogP contribution in [0.1, 0.15) is 25.7 Å². The normalized spacial score (nSPS) is 27.6. The highest BCUT2D eigenvalue weighted by atomic mass is 35.5. The van der Waals surface area contributed by atoms with Crippen LogP contribution in [-0.4, -0.2) is 73.1 Å². The van der Waals surface area contributed by atoms with Gasteiger partial charge in [-0.05, 0) is 12.8 Å². The Morgan fingerprint density at radius 1 is 1.24 bits per heavy atom. The van der Waals surface area contributed by atoms with Gasteiger partial charge in [0.05, 0.1) is 13.2 Å². The van der Waals surface area contributed by atoms with E-state index in [0.717, 1.165) is 19.4 Å². The molecule has 1 N–H and O–H groups in total. The third kappa shape index (κ3) is 3.67. The minimum Gasteiger partial charge on any atom is -0.366 e. The van der Waals surface area contributed by atoms with Crippen molar-refractivity contribution < 1.29 is 14.3 Å². The van der Waals surface area contributed by atoms with Crippen molar-refractivity contribution in [3.8, 4) is 0 Å². The van der Waals surface area contributed by atoms with Crippen LogP contribution in [0.2, 0.25) is 0 Å². The molecule has 7 heteroatoms. The largest absolute Gasteiger partial charge is 0.366 e. The first-order chi connectivity index (χ1) is 9.75. The van der Waals surface area contributed by atoms with Gasteiger partial charge >= 0.3 is 0 Å². The van der Waals surface area contributed by atoms with Crippen LogP contribution in [0, 0.1) is 0 Å². The number of piperazine rings is 1. The molecule has 1 atom stereocenters. The van der Waals surface area contributed by atoms with Gasteiger partial charge in [-0.3, -0.25) is 9.59 Å². The summed E-state index contributed by atoms with van der Waals surface area (Å²) in [7, 11) is 0. The molecule has 0 spiro atoms. The number of hydrogen-bond acceptors (Lipinski definition) is 4. The molecule has 21 heavy (non-hydrogen) atoms. The summed E-state index contributed by atoms with van der Waals surface area (Å²) in [6.45, 7) is 3.44. The van der Waals surface area contributed by atoms with E-state index >= 15 is 0 Å². The van der Waals surface area contributed by atoms with Gasteiger partial charge < -0.3 is 19.9 Å². The molecule has 3 aliphatic rings. The maximum atomic E-state index is 12.3. The summed E-state index contributed by atoms with van der Waals surface area (Å²) < 4.78 is 5.48. The maximum Gasteiger partial charge on any atom is 0.253 e. The van der Waals surface area contributed by atoms with Crippen LogP contribution in [0.5, 0.6) is 0 Å². The number of ether oxygens (including phenoxy) is 1. The smallest absolute Gasteiger partial charge is 0.253 e. The van der Waals surface area contributed by atoms with E-state index < -0.39 is 6.10 Å². The van der Waals surface area contributed by atoms with Crippen LogP contribution in [0.15, 0.2) is 0 Å². The highest BCUT2D eigenvalue weighted by molar-refractivity contribution is 5.88. The van der Waals surface area contributed by atoms with Crippen LogP contribution in [0.3, 0.4) is 0 Å². The van der Waals surface area contributed by atoms with Gasteiger partial charge in [0.2, 0.25) is 5.91 Å². The van der Waals surface area contributed by atoms with Gasteiger partial charge in [-0.25, -0.2) is 0 Å². The molecular formula is C14H24ClN3O3. The molecule has 0 bridgehead atoms. The van der Waals surface area contributed by atoms with Gasteiger partial charge in [0.25, 0.3) is 5.91 Å². The molecule has 0 aromatic rings. The average molecular weight is 318 g/mol. The number of carbonyl (C=O) groups is 2. The molecule has 2 amide bonds. The Hall–Kier alpha value is -0.850. The molecule has 2 heterocycles. The quantitative estimate of drug-likeness (QED) is 0.779. The minimum absolute atomic E-state index is 0. The van der Waals surface area contributed by atoms with Crippen molar-refractivity contribution in [1.82, 2.24) is 15.1 Å². The summed E-state index contributed by atoms with van der Waals surface area (Å²) in [5, 5.41) is 3.15. The van der Waals surface area contributed by atoms with E-state index in [9.17, 15) is 9.59 Å². The molecule has 120 valence electrons. The van der Waals surface area contributed by atoms with Crippen molar-refractivity contribution in [1.29, 1.82) is 0 Å². The van der Waals surface area contributed by atoms with E-state index in [-0.39, 0.29) is 30.8 Å². The fourth-order valence-corrected chi connectivity index (χ4v) is 3.40. The Bertz CT molecular complexity index is 382. The summed E-state index contributed by atoms with van der Waals surface area (Å²) in [5.74, 6) is 0.0527. The summed E-state index contributed by atoms with van der Waals surface area (Å²) in [5.41, 5.74) is 0. The van der Waals surface area contributed by atoms with Crippen molar-refractivity contribution >= 4 is 24.2 Å². The third-order valence-electron chi connectivity index (χ3n) is 4.54. The highest BCUT2D eigenvalue weighted by Gasteiger charge is 2.35. The molecule has 6 nitrogen and oxygen atoms in total. The van der Waals surface area contributed by atoms with Crippen molar-refractivity contribution in [2.75, 3.05) is 39.3 Å². The van der Waals surface area contributed by atoms with Crippen molar-refractivity contribution in [2.45, 2.75) is 37.8 Å². The minimum atomic E-state index is -0.422. The average Bonchev–Trinajstić information content (AvgIpc) is 3.01. The summed E-state index contributed by atoms with van der Waals surface area (Å²) >= 11 is 0. The van der Waals surface area contributed by atoms with Crippen molar-refractivity contribution in [3.63, 3.8) is 0 Å². The molecule has 3 rings (SSSR count). The lowest BCUT2D eigenvalue weighted by atomic mass is 10.1. The van der Waals surface area contributed by atoms with E-state index in [1.807, 2.05) is 4.90 Å². The second-order valence-electron chi connectivity index (χ2n) is 5.85. The lowest BCUT2D eigenvalue weighted by molar-refractivity contribution is -0.154. The van der Waals surface area contributed by atoms with Crippen LogP contribution in [-0.2, 0) is 14.3 Å². The van der Waals surface area contributed by atoms with Crippen LogP contribution in [0.4, 0.5) is 0 Å². The van der Waals surface area contributed by atoms with Crippen molar-refractivity contribution in [2.24, 2.45) is 0 Å². The highest BCUT2D eigenvalue weighted by Crippen LogP contribution is 2.25. The first kappa shape index (κ1) is 16.5. The third-order valence-corrected chi connectivity index (χ3v) is 4.54. The fraction of sp³-hybridized carbons (Fsp3) is 0.857. The zero-order chi connectivity index (χ0) is 13.9. The number of morpholine rings is 1. The summed E-state index contributed by atoms with van der Waals surface area (Å²) in [6.07, 6.45) is 4.26. The van der Waals surface area contributed by atoms with Crippen LogP contribution < -0.4 is 5.32 Å². The lowest BCUT2D eigenvalue weighted by Crippen LogP contribution is -2.58. The zero-order valence-corrected chi connectivity index (χ0v) is 13.1. The number of carbonyl (C=O) groups excluding carboxylic acids is 2. The Balaban J connectivity index is 0.00000161.